The molecule has 2 aromatic carbocycles. The summed E-state index contributed by atoms with van der Waals surface area (Å²) in [5, 5.41) is 0.826. The lowest BCUT2D eigenvalue weighted by Crippen LogP contribution is -2.21. The van der Waals surface area contributed by atoms with Crippen LogP contribution in [-0.2, 0) is 13.0 Å². The van der Waals surface area contributed by atoms with E-state index in [-0.39, 0.29) is 5.43 Å². The van der Waals surface area contributed by atoms with Crippen molar-refractivity contribution < 1.29 is 0 Å². The first-order valence-corrected chi connectivity index (χ1v) is 7.65. The van der Waals surface area contributed by atoms with E-state index < -0.39 is 0 Å². The lowest BCUT2D eigenvalue weighted by atomic mass is 10.1. The largest absolute Gasteiger partial charge is 0.360 e. The third-order valence-electron chi connectivity index (χ3n) is 4.48. The molecule has 0 spiro atoms. The van der Waals surface area contributed by atoms with Gasteiger partial charge in [-0.25, -0.2) is 0 Å². The Morgan fingerprint density at radius 2 is 1.73 bits per heavy atom. The molecule has 0 atom stereocenters. The summed E-state index contributed by atoms with van der Waals surface area (Å²) in [6.07, 6.45) is 0.838. The molecule has 3 aromatic rings. The van der Waals surface area contributed by atoms with Crippen LogP contribution >= 0.6 is 0 Å². The van der Waals surface area contributed by atoms with Crippen molar-refractivity contribution in [3.05, 3.63) is 75.9 Å². The van der Waals surface area contributed by atoms with Gasteiger partial charge in [0.05, 0.1) is 5.52 Å². The van der Waals surface area contributed by atoms with Crippen molar-refractivity contribution in [3.8, 4) is 0 Å². The van der Waals surface area contributed by atoms with E-state index in [2.05, 4.69) is 40.8 Å². The van der Waals surface area contributed by atoms with Gasteiger partial charge in [-0.15, -0.1) is 0 Å². The summed E-state index contributed by atoms with van der Waals surface area (Å²) in [4.78, 5) is 14.9. The quantitative estimate of drug-likeness (QED) is 0.725. The minimum atomic E-state index is 0.194. The summed E-state index contributed by atoms with van der Waals surface area (Å²) in [6, 6.07) is 18.4. The average Bonchev–Trinajstić information content (AvgIpc) is 2.95. The molecule has 1 aliphatic heterocycles. The Balaban J connectivity index is 2.02. The van der Waals surface area contributed by atoms with Crippen molar-refractivity contribution in [3.63, 3.8) is 0 Å². The van der Waals surface area contributed by atoms with Gasteiger partial charge in [0, 0.05) is 31.1 Å². The fourth-order valence-corrected chi connectivity index (χ4v) is 3.42. The first kappa shape index (κ1) is 13.1. The Kier molecular flexibility index (Phi) is 3.00. The van der Waals surface area contributed by atoms with Crippen LogP contribution in [0.3, 0.4) is 0 Å². The average molecular weight is 290 g/mol. The molecule has 22 heavy (non-hydrogen) atoms. The predicted octanol–water partition coefficient (Wildman–Crippen LogP) is 3.04. The lowest BCUT2D eigenvalue weighted by molar-refractivity contribution is 0.803. The summed E-state index contributed by atoms with van der Waals surface area (Å²) >= 11 is 0. The van der Waals surface area contributed by atoms with Gasteiger partial charge in [-0.1, -0.05) is 42.5 Å². The van der Waals surface area contributed by atoms with Gasteiger partial charge < -0.3 is 9.47 Å². The summed E-state index contributed by atoms with van der Waals surface area (Å²) in [5.74, 6) is 1.08. The summed E-state index contributed by atoms with van der Waals surface area (Å²) in [5.41, 5.74) is 3.42. The second-order valence-electron chi connectivity index (χ2n) is 5.89. The molecule has 0 unspecified atom stereocenters. The predicted molar refractivity (Wildman–Crippen MR) is 90.7 cm³/mol. The molecule has 0 bridgehead atoms. The van der Waals surface area contributed by atoms with Crippen LogP contribution in [0.1, 0.15) is 11.1 Å². The highest BCUT2D eigenvalue weighted by molar-refractivity contribution is 5.83. The van der Waals surface area contributed by atoms with Gasteiger partial charge in [0.25, 0.3) is 0 Å². The maximum absolute atomic E-state index is 12.7. The topological polar surface area (TPSA) is 25.2 Å². The summed E-state index contributed by atoms with van der Waals surface area (Å²) in [7, 11) is 2.07. The second-order valence-corrected chi connectivity index (χ2v) is 5.89. The Labute approximate surface area is 129 Å². The third-order valence-corrected chi connectivity index (χ3v) is 4.48. The van der Waals surface area contributed by atoms with Crippen LogP contribution in [0, 0.1) is 0 Å². The Morgan fingerprint density at radius 3 is 2.55 bits per heavy atom. The summed E-state index contributed by atoms with van der Waals surface area (Å²) in [6.45, 7) is 1.70. The molecule has 0 aliphatic carbocycles. The molecule has 3 heteroatoms. The number of anilines is 1. The molecule has 0 fully saturated rings. The highest BCUT2D eigenvalue weighted by Gasteiger charge is 2.24. The molecule has 0 saturated carbocycles. The Morgan fingerprint density at radius 1 is 1.00 bits per heavy atom. The van der Waals surface area contributed by atoms with E-state index >= 15 is 0 Å². The van der Waals surface area contributed by atoms with Gasteiger partial charge in [-0.3, -0.25) is 4.79 Å². The lowest BCUT2D eigenvalue weighted by Gasteiger charge is -2.21. The van der Waals surface area contributed by atoms with Crippen molar-refractivity contribution in [1.29, 1.82) is 0 Å². The van der Waals surface area contributed by atoms with Crippen molar-refractivity contribution in [1.82, 2.24) is 4.57 Å². The number of rotatable bonds is 2. The molecule has 0 amide bonds. The number of para-hydroxylation sites is 1. The minimum absolute atomic E-state index is 0.194. The molecule has 0 N–H and O–H groups in total. The molecule has 2 heterocycles. The van der Waals surface area contributed by atoms with Crippen molar-refractivity contribution in [2.24, 2.45) is 0 Å². The fraction of sp³-hybridized carbons (Fsp3) is 0.211. The van der Waals surface area contributed by atoms with E-state index in [1.54, 1.807) is 0 Å². The van der Waals surface area contributed by atoms with Crippen LogP contribution in [-0.4, -0.2) is 18.2 Å². The highest BCUT2D eigenvalue weighted by atomic mass is 16.1. The zero-order chi connectivity index (χ0) is 15.1. The first-order valence-electron chi connectivity index (χ1n) is 7.65. The van der Waals surface area contributed by atoms with E-state index in [9.17, 15) is 4.79 Å². The standard InChI is InChI=1S/C19H18N2O/c1-20-12-11-16-18(22)15-9-5-6-10-17(15)21(19(16)20)13-14-7-3-2-4-8-14/h2-10H,11-13H2,1H3. The molecular formula is C19H18N2O. The van der Waals surface area contributed by atoms with Gasteiger partial charge in [0.15, 0.2) is 5.43 Å². The fourth-order valence-electron chi connectivity index (χ4n) is 3.42. The molecule has 4 rings (SSSR count). The first-order chi connectivity index (χ1) is 10.8. The van der Waals surface area contributed by atoms with Crippen molar-refractivity contribution >= 4 is 16.7 Å². The zero-order valence-corrected chi connectivity index (χ0v) is 12.6. The third kappa shape index (κ3) is 1.93. The van der Waals surface area contributed by atoms with Gasteiger partial charge in [0.2, 0.25) is 0 Å². The number of fused-ring (bicyclic) bond motifs is 2. The van der Waals surface area contributed by atoms with Crippen LogP contribution in [0.5, 0.6) is 0 Å². The number of hydrogen-bond donors (Lipinski definition) is 0. The molecule has 0 saturated heterocycles. The van der Waals surface area contributed by atoms with Crippen LogP contribution in [0.4, 0.5) is 5.82 Å². The number of hydrogen-bond acceptors (Lipinski definition) is 2. The number of likely N-dealkylation sites (N-methyl/N-ethyl adjacent to an activating group) is 1. The van der Waals surface area contributed by atoms with Crippen LogP contribution in [0.25, 0.3) is 10.9 Å². The molecule has 110 valence electrons. The summed E-state index contributed by atoms with van der Waals surface area (Å²) < 4.78 is 2.29. The molecular weight excluding hydrogens is 272 g/mol. The Hall–Kier alpha value is -2.55. The van der Waals surface area contributed by atoms with E-state index in [1.165, 1.54) is 5.56 Å². The Bertz CT molecular complexity index is 896. The molecule has 1 aliphatic rings. The van der Waals surface area contributed by atoms with E-state index in [0.717, 1.165) is 41.8 Å². The van der Waals surface area contributed by atoms with Crippen LogP contribution < -0.4 is 10.3 Å². The highest BCUT2D eigenvalue weighted by Crippen LogP contribution is 2.29. The second kappa shape index (κ2) is 5.02. The SMILES string of the molecule is CN1CCc2c1n(Cc1ccccc1)c1ccccc1c2=O. The number of pyridine rings is 1. The minimum Gasteiger partial charge on any atom is -0.360 e. The van der Waals surface area contributed by atoms with Crippen molar-refractivity contribution in [2.75, 3.05) is 18.5 Å². The smallest absolute Gasteiger partial charge is 0.194 e. The van der Waals surface area contributed by atoms with Crippen LogP contribution in [0.2, 0.25) is 0 Å². The number of nitrogens with zero attached hydrogens (tertiary/aromatic N) is 2. The van der Waals surface area contributed by atoms with E-state index in [1.807, 2.05) is 30.3 Å². The van der Waals surface area contributed by atoms with Crippen molar-refractivity contribution in [2.45, 2.75) is 13.0 Å². The maximum Gasteiger partial charge on any atom is 0.194 e. The normalized spacial score (nSPS) is 13.6. The number of aromatic nitrogens is 1. The van der Waals surface area contributed by atoms with Gasteiger partial charge in [-0.05, 0) is 24.1 Å². The molecule has 3 nitrogen and oxygen atoms in total. The maximum atomic E-state index is 12.7. The monoisotopic (exact) mass is 290 g/mol. The van der Waals surface area contributed by atoms with E-state index in [0.29, 0.717) is 0 Å². The molecule has 1 aromatic heterocycles. The molecule has 0 radical (unpaired) electrons. The van der Waals surface area contributed by atoms with E-state index in [4.69, 9.17) is 0 Å². The van der Waals surface area contributed by atoms with Gasteiger partial charge in [-0.2, -0.15) is 0 Å². The van der Waals surface area contributed by atoms with Gasteiger partial charge >= 0.3 is 0 Å². The zero-order valence-electron chi connectivity index (χ0n) is 12.6. The van der Waals surface area contributed by atoms with Crippen LogP contribution in [0.15, 0.2) is 59.4 Å². The van der Waals surface area contributed by atoms with Gasteiger partial charge in [0.1, 0.15) is 5.82 Å². The number of benzene rings is 2.